The number of hydrogen-bond acceptors (Lipinski definition) is 5. The van der Waals surface area contributed by atoms with E-state index in [0.29, 0.717) is 5.56 Å². The van der Waals surface area contributed by atoms with Crippen LogP contribution in [-0.4, -0.2) is 25.5 Å². The first-order chi connectivity index (χ1) is 25.7. The van der Waals surface area contributed by atoms with E-state index >= 15 is 0 Å². The standard InChI is InChI=1S/C48H34O5/c1-26-10-9-17-38(40(26)39-25-30-12-4-3-11-29(30)22-27(39)2)43-36-15-7-5-13-34(36)41(35-14-6-8-16-37(35)43)31-20-18-28-19-21-32(24-33(28)23-31)42-44(49)46(51)48(53)47(52)45(42)50/h3-25,49-53H,1-2H3. The minimum atomic E-state index is -0.987. The molecule has 0 amide bonds. The number of phenolic OH excluding ortho intramolecular Hbond substituents is 5. The molecule has 0 aliphatic rings. The van der Waals surface area contributed by atoms with Gasteiger partial charge in [0, 0.05) is 0 Å². The molecule has 0 bridgehead atoms. The van der Waals surface area contributed by atoms with Crippen molar-refractivity contribution in [1.29, 1.82) is 0 Å². The van der Waals surface area contributed by atoms with Crippen LogP contribution in [-0.2, 0) is 0 Å². The number of benzene rings is 9. The van der Waals surface area contributed by atoms with Gasteiger partial charge in [-0.3, -0.25) is 0 Å². The number of phenols is 5. The van der Waals surface area contributed by atoms with Crippen molar-refractivity contribution in [2.75, 3.05) is 0 Å². The molecule has 5 nitrogen and oxygen atoms in total. The molecule has 0 fully saturated rings. The molecule has 9 rings (SSSR count). The molecule has 256 valence electrons. The molecule has 0 heterocycles. The highest BCUT2D eigenvalue weighted by Gasteiger charge is 2.25. The lowest BCUT2D eigenvalue weighted by Crippen LogP contribution is -1.95. The molecule has 0 saturated carbocycles. The highest BCUT2D eigenvalue weighted by atomic mass is 16.4. The van der Waals surface area contributed by atoms with Crippen molar-refractivity contribution in [1.82, 2.24) is 0 Å². The van der Waals surface area contributed by atoms with Crippen molar-refractivity contribution >= 4 is 43.1 Å². The van der Waals surface area contributed by atoms with E-state index in [4.69, 9.17) is 0 Å². The molecule has 5 N–H and O–H groups in total. The molecule has 9 aromatic carbocycles. The Kier molecular flexibility index (Phi) is 7.28. The molecule has 0 saturated heterocycles. The molecule has 0 unspecified atom stereocenters. The molecular formula is C48H34O5. The van der Waals surface area contributed by atoms with Crippen molar-refractivity contribution in [3.05, 3.63) is 151 Å². The summed E-state index contributed by atoms with van der Waals surface area (Å²) in [6.45, 7) is 4.38. The Morgan fingerprint density at radius 1 is 0.302 bits per heavy atom. The third-order valence-electron chi connectivity index (χ3n) is 10.6. The third-order valence-corrected chi connectivity index (χ3v) is 10.6. The van der Waals surface area contributed by atoms with Gasteiger partial charge < -0.3 is 25.5 Å². The normalized spacial score (nSPS) is 11.6. The number of aryl methyl sites for hydroxylation is 2. The second-order valence-corrected chi connectivity index (χ2v) is 13.7. The molecule has 0 aliphatic heterocycles. The lowest BCUT2D eigenvalue weighted by atomic mass is 9.81. The first-order valence-electron chi connectivity index (χ1n) is 17.5. The van der Waals surface area contributed by atoms with Gasteiger partial charge in [0.25, 0.3) is 0 Å². The second kappa shape index (κ2) is 12.1. The Morgan fingerprint density at radius 3 is 1.38 bits per heavy atom. The summed E-state index contributed by atoms with van der Waals surface area (Å²) >= 11 is 0. The molecule has 5 heteroatoms. The van der Waals surface area contributed by atoms with Crippen LogP contribution in [0.4, 0.5) is 0 Å². The van der Waals surface area contributed by atoms with Crippen LogP contribution in [0.3, 0.4) is 0 Å². The Bertz CT molecular complexity index is 2890. The lowest BCUT2D eigenvalue weighted by molar-refractivity contribution is 0.330. The van der Waals surface area contributed by atoms with Gasteiger partial charge in [0.2, 0.25) is 17.2 Å². The van der Waals surface area contributed by atoms with Gasteiger partial charge in [-0.25, -0.2) is 0 Å². The maximum absolute atomic E-state index is 10.7. The van der Waals surface area contributed by atoms with E-state index in [0.717, 1.165) is 43.4 Å². The van der Waals surface area contributed by atoms with Gasteiger partial charge in [-0.05, 0) is 125 Å². The summed E-state index contributed by atoms with van der Waals surface area (Å²) in [6.07, 6.45) is 0. The Labute approximate surface area is 305 Å². The molecule has 0 spiro atoms. The van der Waals surface area contributed by atoms with Gasteiger partial charge in [0.1, 0.15) is 0 Å². The molecule has 0 radical (unpaired) electrons. The zero-order valence-corrected chi connectivity index (χ0v) is 29.0. The van der Waals surface area contributed by atoms with Gasteiger partial charge in [0.15, 0.2) is 11.5 Å². The number of rotatable bonds is 4. The Hall–Kier alpha value is -6.98. The first kappa shape index (κ1) is 32.0. The minimum absolute atomic E-state index is 0.180. The van der Waals surface area contributed by atoms with Crippen LogP contribution >= 0.6 is 0 Å². The smallest absolute Gasteiger partial charge is 0.208 e. The number of hydrogen-bond donors (Lipinski definition) is 5. The summed E-state index contributed by atoms with van der Waals surface area (Å²) in [6, 6.07) is 48.3. The molecule has 0 aromatic heterocycles. The van der Waals surface area contributed by atoms with Crippen LogP contribution in [0.1, 0.15) is 11.1 Å². The zero-order chi connectivity index (χ0) is 36.5. The SMILES string of the molecule is Cc1cc2ccccc2cc1-c1c(C)cccc1-c1c2ccccc2c(-c2ccc3ccc(-c4c(O)c(O)c(O)c(O)c4O)cc3c2)c2ccccc12. The quantitative estimate of drug-likeness (QED) is 0.0719. The predicted molar refractivity (Wildman–Crippen MR) is 216 cm³/mol. The number of fused-ring (bicyclic) bond motifs is 4. The van der Waals surface area contributed by atoms with Crippen molar-refractivity contribution in [3.63, 3.8) is 0 Å². The highest BCUT2D eigenvalue weighted by Crippen LogP contribution is 2.55. The van der Waals surface area contributed by atoms with Crippen molar-refractivity contribution in [2.45, 2.75) is 13.8 Å². The van der Waals surface area contributed by atoms with Crippen LogP contribution in [0.2, 0.25) is 0 Å². The fraction of sp³-hybridized carbons (Fsp3) is 0.0417. The van der Waals surface area contributed by atoms with Crippen molar-refractivity contribution in [2.24, 2.45) is 0 Å². The number of aromatic hydroxyl groups is 5. The van der Waals surface area contributed by atoms with Crippen LogP contribution in [0.15, 0.2) is 140 Å². The van der Waals surface area contributed by atoms with Crippen LogP contribution in [0.25, 0.3) is 87.6 Å². The van der Waals surface area contributed by atoms with E-state index in [1.54, 1.807) is 12.1 Å². The van der Waals surface area contributed by atoms with Gasteiger partial charge in [0.05, 0.1) is 5.56 Å². The summed E-state index contributed by atoms with van der Waals surface area (Å²) in [5.41, 5.74) is 9.44. The average molecular weight is 691 g/mol. The largest absolute Gasteiger partial charge is 0.504 e. The minimum Gasteiger partial charge on any atom is -0.504 e. The summed E-state index contributed by atoms with van der Waals surface area (Å²) in [4.78, 5) is 0. The lowest BCUT2D eigenvalue weighted by Gasteiger charge is -2.22. The second-order valence-electron chi connectivity index (χ2n) is 13.7. The summed E-state index contributed by atoms with van der Waals surface area (Å²) in [5, 5.41) is 60.4. The molecule has 0 atom stereocenters. The van der Waals surface area contributed by atoms with Crippen LogP contribution in [0, 0.1) is 13.8 Å². The van der Waals surface area contributed by atoms with E-state index in [9.17, 15) is 25.5 Å². The zero-order valence-electron chi connectivity index (χ0n) is 29.0. The fourth-order valence-corrected chi connectivity index (χ4v) is 8.10. The van der Waals surface area contributed by atoms with Gasteiger partial charge in [-0.1, -0.05) is 121 Å². The molecule has 9 aromatic rings. The molecule has 0 aliphatic carbocycles. The maximum atomic E-state index is 10.7. The van der Waals surface area contributed by atoms with Crippen molar-refractivity contribution in [3.8, 4) is 73.3 Å². The van der Waals surface area contributed by atoms with Crippen LogP contribution in [0.5, 0.6) is 28.7 Å². The first-order valence-corrected chi connectivity index (χ1v) is 17.5. The average Bonchev–Trinajstić information content (AvgIpc) is 3.18. The van der Waals surface area contributed by atoms with E-state index < -0.39 is 28.7 Å². The van der Waals surface area contributed by atoms with Gasteiger partial charge in [-0.15, -0.1) is 0 Å². The predicted octanol–water partition coefficient (Wildman–Crippen LogP) is 12.1. The van der Waals surface area contributed by atoms with E-state index in [1.807, 2.05) is 12.1 Å². The summed E-state index contributed by atoms with van der Waals surface area (Å²) in [7, 11) is 0. The van der Waals surface area contributed by atoms with Crippen molar-refractivity contribution < 1.29 is 25.5 Å². The summed E-state index contributed by atoms with van der Waals surface area (Å²) in [5.74, 6) is -4.26. The van der Waals surface area contributed by atoms with E-state index in [2.05, 4.69) is 129 Å². The molecule has 53 heavy (non-hydrogen) atoms. The highest BCUT2D eigenvalue weighted by molar-refractivity contribution is 6.23. The molecular weight excluding hydrogens is 657 g/mol. The van der Waals surface area contributed by atoms with Gasteiger partial charge >= 0.3 is 0 Å². The Balaban J connectivity index is 1.30. The monoisotopic (exact) mass is 690 g/mol. The topological polar surface area (TPSA) is 101 Å². The maximum Gasteiger partial charge on any atom is 0.208 e. The third kappa shape index (κ3) is 4.93. The summed E-state index contributed by atoms with van der Waals surface area (Å²) < 4.78 is 0. The van der Waals surface area contributed by atoms with Gasteiger partial charge in [-0.2, -0.15) is 0 Å². The Morgan fingerprint density at radius 2 is 0.792 bits per heavy atom. The fourth-order valence-electron chi connectivity index (χ4n) is 8.10. The van der Waals surface area contributed by atoms with E-state index in [1.165, 1.54) is 44.2 Å². The van der Waals surface area contributed by atoms with Crippen LogP contribution < -0.4 is 0 Å². The van der Waals surface area contributed by atoms with E-state index in [-0.39, 0.29) is 5.56 Å².